The molecule has 318 valence electrons. The van der Waals surface area contributed by atoms with Crippen molar-refractivity contribution in [2.24, 2.45) is 35.5 Å². The predicted octanol–water partition coefficient (Wildman–Crippen LogP) is 4.06. The summed E-state index contributed by atoms with van der Waals surface area (Å²) in [6.45, 7) is 12.7. The van der Waals surface area contributed by atoms with Crippen LogP contribution in [-0.2, 0) is 38.1 Å². The Bertz CT molecular complexity index is 1450. The number of aliphatic hydroxyl groups excluding tert-OH is 3. The molecule has 0 radical (unpaired) electrons. The molecule has 3 aliphatic heterocycles. The number of allylic oxidation sites excluding steroid dienone is 2. The molecule has 13 nitrogen and oxygen atoms in total. The topological polar surface area (TPSA) is 189 Å². The molecule has 0 aromatic heterocycles. The van der Waals surface area contributed by atoms with Crippen molar-refractivity contribution in [2.45, 2.75) is 167 Å². The minimum Gasteiger partial charge on any atom is -0.456 e. The molecule has 1 aliphatic carbocycles. The zero-order valence-electron chi connectivity index (χ0n) is 35.0. The molecular formula is C43H69NO12. The molecule has 4 N–H and O–H groups in total. The molecular weight excluding hydrogens is 722 g/mol. The van der Waals surface area contributed by atoms with Gasteiger partial charge >= 0.3 is 5.97 Å². The van der Waals surface area contributed by atoms with Gasteiger partial charge in [-0.05, 0) is 93.6 Å². The first-order valence-corrected chi connectivity index (χ1v) is 20.9. The van der Waals surface area contributed by atoms with E-state index in [9.17, 15) is 39.6 Å². The van der Waals surface area contributed by atoms with Crippen LogP contribution in [0.25, 0.3) is 0 Å². The highest BCUT2D eigenvalue weighted by atomic mass is 16.7. The Morgan fingerprint density at radius 2 is 1.59 bits per heavy atom. The second kappa shape index (κ2) is 20.0. The highest BCUT2D eigenvalue weighted by Crippen LogP contribution is 2.41. The third-order valence-electron chi connectivity index (χ3n) is 13.2. The molecule has 0 spiro atoms. The van der Waals surface area contributed by atoms with E-state index in [0.717, 1.165) is 0 Å². The summed E-state index contributed by atoms with van der Waals surface area (Å²) in [4.78, 5) is 57.5. The van der Waals surface area contributed by atoms with E-state index >= 15 is 0 Å². The summed E-state index contributed by atoms with van der Waals surface area (Å²) in [5.41, 5.74) is 1.11. The summed E-state index contributed by atoms with van der Waals surface area (Å²) >= 11 is 0. The number of nitrogens with zero attached hydrogens (tertiary/aromatic N) is 1. The third-order valence-corrected chi connectivity index (χ3v) is 13.2. The Labute approximate surface area is 333 Å². The van der Waals surface area contributed by atoms with E-state index < -0.39 is 83.9 Å². The molecule has 3 heterocycles. The molecule has 13 heteroatoms. The van der Waals surface area contributed by atoms with Crippen LogP contribution in [0.2, 0.25) is 0 Å². The zero-order chi connectivity index (χ0) is 41.6. The smallest absolute Gasteiger partial charge is 0.329 e. The normalized spacial score (nSPS) is 42.0. The number of carbonyl (C=O) groups excluding carboxylic acids is 4. The van der Waals surface area contributed by atoms with Gasteiger partial charge in [0.25, 0.3) is 11.7 Å². The molecule has 0 aromatic rings. The highest BCUT2D eigenvalue weighted by Gasteiger charge is 2.55. The lowest BCUT2D eigenvalue weighted by atomic mass is 9.78. The van der Waals surface area contributed by atoms with Gasteiger partial charge in [0.05, 0.1) is 36.6 Å². The SMILES string of the molecule is CCC1=CC(C)C(O)[C@H](C)C[C@H](OC)[C@H]2O[C@@](O)(C(=O)C(=O)N3CCCCC3C(=O)O[C@H](C(C)=C[C@@H]3CC[C@@H](O)[C@H](OC)C3)[C@H](C)[C@@H](O)CC1=O)[C@H](C)C[C@@H]2C. The standard InChI is InChI=1S/C43H69NO12/c1-10-30-19-23(2)37(48)24(3)20-36(54-9)39-25(4)17-27(6)43(52,56-39)40(49)41(50)44-16-12-11-13-31(44)42(51)55-38(28(7)33(46)22-34(30)47)26(5)18-29-14-15-32(45)35(21-29)53-8/h18-19,23-25,27-29,31-33,35-39,45-46,48,52H,10-17,20-22H2,1-9H3/t23?,24-,25+,27-,28-,29+,31?,32-,33+,35-,36+,37?,38-,39+,43-/m1/s1. The van der Waals surface area contributed by atoms with Crippen molar-refractivity contribution in [3.05, 3.63) is 23.3 Å². The third kappa shape index (κ3) is 10.4. The lowest BCUT2D eigenvalue weighted by Crippen LogP contribution is -2.63. The van der Waals surface area contributed by atoms with E-state index in [1.54, 1.807) is 34.0 Å². The number of aliphatic hydroxyl groups is 4. The summed E-state index contributed by atoms with van der Waals surface area (Å²) in [6.07, 6.45) is 2.04. The van der Waals surface area contributed by atoms with Crippen molar-refractivity contribution in [1.82, 2.24) is 4.90 Å². The number of hydrogen-bond donors (Lipinski definition) is 4. The molecule has 56 heavy (non-hydrogen) atoms. The average Bonchev–Trinajstić information content (AvgIpc) is 3.18. The summed E-state index contributed by atoms with van der Waals surface area (Å²) in [7, 11) is 3.05. The second-order valence-corrected chi connectivity index (χ2v) is 17.4. The van der Waals surface area contributed by atoms with Crippen molar-refractivity contribution in [3.63, 3.8) is 0 Å². The van der Waals surface area contributed by atoms with Crippen LogP contribution in [0.5, 0.6) is 0 Å². The second-order valence-electron chi connectivity index (χ2n) is 17.4. The minimum absolute atomic E-state index is 0.0176. The molecule has 3 unspecified atom stereocenters. The fourth-order valence-electron chi connectivity index (χ4n) is 9.47. The fourth-order valence-corrected chi connectivity index (χ4v) is 9.47. The summed E-state index contributed by atoms with van der Waals surface area (Å²) in [5, 5.41) is 45.5. The molecule has 4 aliphatic rings. The Kier molecular flexibility index (Phi) is 16.5. The van der Waals surface area contributed by atoms with E-state index in [-0.39, 0.29) is 49.0 Å². The van der Waals surface area contributed by atoms with Gasteiger partial charge in [0.15, 0.2) is 5.78 Å². The molecule has 2 bridgehead atoms. The Morgan fingerprint density at radius 3 is 2.23 bits per heavy atom. The number of piperidine rings is 1. The quantitative estimate of drug-likeness (QED) is 0.178. The number of esters is 1. The maximum atomic E-state index is 14.3. The summed E-state index contributed by atoms with van der Waals surface area (Å²) < 4.78 is 23.9. The first-order valence-electron chi connectivity index (χ1n) is 20.9. The van der Waals surface area contributed by atoms with Gasteiger partial charge in [-0.2, -0.15) is 0 Å². The van der Waals surface area contributed by atoms with Crippen molar-refractivity contribution in [2.75, 3.05) is 20.8 Å². The number of amides is 1. The van der Waals surface area contributed by atoms with E-state index in [1.165, 1.54) is 12.0 Å². The van der Waals surface area contributed by atoms with E-state index in [1.807, 2.05) is 33.8 Å². The van der Waals surface area contributed by atoms with Gasteiger partial charge in [0, 0.05) is 44.9 Å². The van der Waals surface area contributed by atoms with Crippen molar-refractivity contribution in [3.8, 4) is 0 Å². The number of ketones is 2. The number of ether oxygens (including phenoxy) is 4. The van der Waals surface area contributed by atoms with E-state index in [4.69, 9.17) is 18.9 Å². The van der Waals surface area contributed by atoms with Gasteiger partial charge in [-0.1, -0.05) is 53.7 Å². The summed E-state index contributed by atoms with van der Waals surface area (Å²) in [5.74, 6) is -8.26. The number of hydrogen-bond acceptors (Lipinski definition) is 12. The number of rotatable bonds is 5. The monoisotopic (exact) mass is 791 g/mol. The molecule has 1 amide bonds. The van der Waals surface area contributed by atoms with Crippen molar-refractivity contribution >= 4 is 23.4 Å². The summed E-state index contributed by atoms with van der Waals surface area (Å²) in [6, 6.07) is -1.14. The van der Waals surface area contributed by atoms with Crippen LogP contribution in [0.3, 0.4) is 0 Å². The number of methoxy groups -OCH3 is 2. The lowest BCUT2D eigenvalue weighted by molar-refractivity contribution is -0.290. The average molecular weight is 792 g/mol. The molecule has 0 aromatic carbocycles. The van der Waals surface area contributed by atoms with Crippen molar-refractivity contribution in [1.29, 1.82) is 0 Å². The van der Waals surface area contributed by atoms with Crippen LogP contribution in [0, 0.1) is 35.5 Å². The number of cyclic esters (lactones) is 1. The zero-order valence-corrected chi connectivity index (χ0v) is 35.0. The number of Topliss-reactive ketones (excluding diaryl/α,β-unsaturated/α-hetero) is 2. The van der Waals surface area contributed by atoms with Crippen LogP contribution in [0.15, 0.2) is 23.3 Å². The lowest BCUT2D eigenvalue weighted by Gasteiger charge is -2.47. The fraction of sp³-hybridized carbons (Fsp3) is 0.814. The maximum absolute atomic E-state index is 14.3. The number of carbonyl (C=O) groups is 4. The van der Waals surface area contributed by atoms with Crippen LogP contribution < -0.4 is 0 Å². The maximum Gasteiger partial charge on any atom is 0.329 e. The van der Waals surface area contributed by atoms with Gasteiger partial charge in [-0.15, -0.1) is 0 Å². The number of fused-ring (bicyclic) bond motifs is 3. The van der Waals surface area contributed by atoms with Crippen LogP contribution in [0.1, 0.15) is 113 Å². The van der Waals surface area contributed by atoms with Gasteiger partial charge in [-0.3, -0.25) is 14.4 Å². The Hall–Kier alpha value is -2.52. The molecule has 2 saturated heterocycles. The van der Waals surface area contributed by atoms with Crippen molar-refractivity contribution < 1.29 is 58.6 Å². The first-order chi connectivity index (χ1) is 26.4. The van der Waals surface area contributed by atoms with Gasteiger partial charge in [0.2, 0.25) is 5.79 Å². The van der Waals surface area contributed by atoms with Crippen LogP contribution in [0.4, 0.5) is 0 Å². The minimum atomic E-state index is -2.49. The Balaban J connectivity index is 1.78. The van der Waals surface area contributed by atoms with Crippen LogP contribution >= 0.6 is 0 Å². The first kappa shape index (κ1) is 46.2. The van der Waals surface area contributed by atoms with Gasteiger partial charge < -0.3 is 44.3 Å². The molecule has 15 atom stereocenters. The largest absolute Gasteiger partial charge is 0.456 e. The van der Waals surface area contributed by atoms with Crippen LogP contribution in [-0.4, -0.2) is 124 Å². The highest BCUT2D eigenvalue weighted by molar-refractivity contribution is 6.39. The molecule has 3 fully saturated rings. The Morgan fingerprint density at radius 1 is 0.911 bits per heavy atom. The molecule has 4 rings (SSSR count). The van der Waals surface area contributed by atoms with E-state index in [2.05, 4.69) is 0 Å². The van der Waals surface area contributed by atoms with Gasteiger partial charge in [-0.25, -0.2) is 4.79 Å². The van der Waals surface area contributed by atoms with E-state index in [0.29, 0.717) is 62.5 Å². The predicted molar refractivity (Wildman–Crippen MR) is 208 cm³/mol. The molecule has 1 saturated carbocycles. The van der Waals surface area contributed by atoms with Gasteiger partial charge in [0.1, 0.15) is 12.1 Å².